The van der Waals surface area contributed by atoms with Crippen LogP contribution >= 0.6 is 0 Å². The second-order valence-corrected chi connectivity index (χ2v) is 8.94. The molecule has 2 aliphatic rings. The first kappa shape index (κ1) is 24.0. The molecule has 0 bridgehead atoms. The van der Waals surface area contributed by atoms with Crippen molar-refractivity contribution >= 4 is 11.6 Å². The molecule has 4 rings (SSSR count). The van der Waals surface area contributed by atoms with Crippen LogP contribution in [-0.2, 0) is 17.5 Å². The van der Waals surface area contributed by atoms with Crippen LogP contribution in [0.15, 0.2) is 22.7 Å². The van der Waals surface area contributed by atoms with Gasteiger partial charge in [0.1, 0.15) is 5.76 Å². The third-order valence-electron chi connectivity index (χ3n) is 7.01. The van der Waals surface area contributed by atoms with Crippen molar-refractivity contribution in [1.82, 2.24) is 10.1 Å². The summed E-state index contributed by atoms with van der Waals surface area (Å²) < 4.78 is 50.6. The van der Waals surface area contributed by atoms with Gasteiger partial charge in [0.2, 0.25) is 0 Å². The number of amides is 1. The highest BCUT2D eigenvalue weighted by Gasteiger charge is 2.51. The SMILES string of the molecule is COCc1c(C(=O)N2C[C@H]3CN(c4ccc(C#N)c(C(F)(F)F)c4)CC[C@@]3(CO)C2)noc1C. The lowest BCUT2D eigenvalue weighted by Gasteiger charge is -2.43. The molecule has 3 heterocycles. The van der Waals surface area contributed by atoms with Crippen molar-refractivity contribution in [1.29, 1.82) is 5.26 Å². The summed E-state index contributed by atoms with van der Waals surface area (Å²) in [4.78, 5) is 16.7. The molecule has 0 saturated carbocycles. The number of ether oxygens (including phenoxy) is 1. The highest BCUT2D eigenvalue weighted by molar-refractivity contribution is 5.94. The maximum atomic E-state index is 13.4. The number of nitrogens with zero attached hydrogens (tertiary/aromatic N) is 4. The van der Waals surface area contributed by atoms with E-state index in [4.69, 9.17) is 14.5 Å². The van der Waals surface area contributed by atoms with Gasteiger partial charge < -0.3 is 24.2 Å². The van der Waals surface area contributed by atoms with Crippen molar-refractivity contribution in [2.24, 2.45) is 11.3 Å². The number of alkyl halides is 3. The van der Waals surface area contributed by atoms with Gasteiger partial charge in [-0.3, -0.25) is 4.79 Å². The maximum absolute atomic E-state index is 13.4. The normalized spacial score (nSPS) is 22.6. The molecule has 11 heteroatoms. The highest BCUT2D eigenvalue weighted by Crippen LogP contribution is 2.44. The molecule has 182 valence electrons. The molecule has 1 N–H and O–H groups in total. The van der Waals surface area contributed by atoms with E-state index in [-0.39, 0.29) is 30.7 Å². The van der Waals surface area contributed by atoms with Crippen molar-refractivity contribution in [3.05, 3.63) is 46.3 Å². The van der Waals surface area contributed by atoms with E-state index < -0.39 is 22.7 Å². The van der Waals surface area contributed by atoms with Gasteiger partial charge in [0, 0.05) is 50.3 Å². The molecule has 1 aromatic heterocycles. The van der Waals surface area contributed by atoms with Gasteiger partial charge in [-0.15, -0.1) is 0 Å². The number of aromatic nitrogens is 1. The molecule has 2 fully saturated rings. The fourth-order valence-electron chi connectivity index (χ4n) is 5.01. The molecular formula is C23H25F3N4O4. The van der Waals surface area contributed by atoms with Gasteiger partial charge in [-0.25, -0.2) is 0 Å². The lowest BCUT2D eigenvalue weighted by molar-refractivity contribution is -0.137. The summed E-state index contributed by atoms with van der Waals surface area (Å²) in [5, 5.41) is 23.2. The van der Waals surface area contributed by atoms with E-state index in [2.05, 4.69) is 5.16 Å². The summed E-state index contributed by atoms with van der Waals surface area (Å²) >= 11 is 0. The Morgan fingerprint density at radius 1 is 1.41 bits per heavy atom. The lowest BCUT2D eigenvalue weighted by atomic mass is 9.73. The maximum Gasteiger partial charge on any atom is 0.417 e. The van der Waals surface area contributed by atoms with Crippen LogP contribution in [-0.4, -0.2) is 61.0 Å². The van der Waals surface area contributed by atoms with Gasteiger partial charge in [-0.2, -0.15) is 18.4 Å². The third kappa shape index (κ3) is 4.12. The minimum absolute atomic E-state index is 0.140. The smallest absolute Gasteiger partial charge is 0.396 e. The summed E-state index contributed by atoms with van der Waals surface area (Å²) in [5.41, 5.74) is -0.847. The standard InChI is InChI=1S/C23H25F3N4O4/c1-14-18(11-33-2)20(28-34-14)21(32)30-10-16-9-29(6-5-22(16,12-30)13-31)17-4-3-15(8-27)19(7-17)23(24,25)26/h3-4,7,16,31H,5-6,9-13H2,1-2H3/t16-,22+/m1/s1. The highest BCUT2D eigenvalue weighted by atomic mass is 19.4. The predicted molar refractivity (Wildman–Crippen MR) is 114 cm³/mol. The molecule has 0 unspecified atom stereocenters. The molecule has 1 amide bonds. The first-order chi connectivity index (χ1) is 16.1. The van der Waals surface area contributed by atoms with Crippen molar-refractivity contribution in [3.63, 3.8) is 0 Å². The zero-order valence-electron chi connectivity index (χ0n) is 18.9. The number of benzene rings is 1. The van der Waals surface area contributed by atoms with Crippen LogP contribution in [0, 0.1) is 29.6 Å². The number of aliphatic hydroxyl groups is 1. The largest absolute Gasteiger partial charge is 0.417 e. The average molecular weight is 478 g/mol. The number of anilines is 1. The van der Waals surface area contributed by atoms with Crippen molar-refractivity contribution in [2.75, 3.05) is 44.8 Å². The molecule has 2 atom stereocenters. The zero-order valence-corrected chi connectivity index (χ0v) is 18.9. The predicted octanol–water partition coefficient (Wildman–Crippen LogP) is 2.98. The quantitative estimate of drug-likeness (QED) is 0.705. The van der Waals surface area contributed by atoms with Gasteiger partial charge >= 0.3 is 6.18 Å². The second kappa shape index (κ2) is 8.92. The van der Waals surface area contributed by atoms with Crippen LogP contribution < -0.4 is 4.90 Å². The van der Waals surface area contributed by atoms with Crippen LogP contribution in [0.3, 0.4) is 0 Å². The number of carbonyl (C=O) groups excluding carboxylic acids is 1. The average Bonchev–Trinajstić information content (AvgIpc) is 3.38. The molecule has 1 aromatic carbocycles. The van der Waals surface area contributed by atoms with E-state index in [1.165, 1.54) is 19.2 Å². The number of nitriles is 1. The van der Waals surface area contributed by atoms with Crippen molar-refractivity contribution in [2.45, 2.75) is 26.1 Å². The van der Waals surface area contributed by atoms with Crippen LogP contribution in [0.2, 0.25) is 0 Å². The number of hydrogen-bond donors (Lipinski definition) is 1. The third-order valence-corrected chi connectivity index (χ3v) is 7.01. The molecule has 2 aliphatic heterocycles. The number of hydrogen-bond acceptors (Lipinski definition) is 7. The number of aryl methyl sites for hydroxylation is 1. The Kier molecular flexibility index (Phi) is 6.31. The number of aliphatic hydroxyl groups excluding tert-OH is 1. The summed E-state index contributed by atoms with van der Waals surface area (Å²) in [5.74, 6) is 0.0144. The topological polar surface area (TPSA) is 103 Å². The fraction of sp³-hybridized carbons (Fsp3) is 0.522. The van der Waals surface area contributed by atoms with E-state index in [0.717, 1.165) is 6.07 Å². The van der Waals surface area contributed by atoms with E-state index in [9.17, 15) is 23.1 Å². The van der Waals surface area contributed by atoms with Crippen molar-refractivity contribution < 1.29 is 32.3 Å². The first-order valence-electron chi connectivity index (χ1n) is 10.8. The Morgan fingerprint density at radius 3 is 2.82 bits per heavy atom. The van der Waals surface area contributed by atoms with Crippen LogP contribution in [0.4, 0.5) is 18.9 Å². The van der Waals surface area contributed by atoms with Gasteiger partial charge in [0.05, 0.1) is 36.0 Å². The Hall–Kier alpha value is -3.10. The first-order valence-corrected chi connectivity index (χ1v) is 10.8. The second-order valence-electron chi connectivity index (χ2n) is 8.94. The summed E-state index contributed by atoms with van der Waals surface area (Å²) in [6.07, 6.45) is -4.14. The molecule has 34 heavy (non-hydrogen) atoms. The van der Waals surface area contributed by atoms with Crippen LogP contribution in [0.1, 0.15) is 39.4 Å². The summed E-state index contributed by atoms with van der Waals surface area (Å²) in [6.45, 7) is 3.17. The van der Waals surface area contributed by atoms with Crippen LogP contribution in [0.5, 0.6) is 0 Å². The number of likely N-dealkylation sites (tertiary alicyclic amines) is 1. The molecule has 2 aromatic rings. The monoisotopic (exact) mass is 478 g/mol. The number of halogens is 3. The molecule has 0 aliphatic carbocycles. The Bertz CT molecular complexity index is 1130. The molecule has 0 spiro atoms. The Balaban J connectivity index is 1.57. The van der Waals surface area contributed by atoms with Gasteiger partial charge in [-0.1, -0.05) is 5.16 Å². The lowest BCUT2D eigenvalue weighted by Crippen LogP contribution is -2.49. The minimum atomic E-state index is -4.64. The number of methoxy groups -OCH3 is 1. The van der Waals surface area contributed by atoms with Crippen molar-refractivity contribution in [3.8, 4) is 6.07 Å². The number of rotatable bonds is 5. The van der Waals surface area contributed by atoms with E-state index in [0.29, 0.717) is 49.6 Å². The molecular weight excluding hydrogens is 453 g/mol. The molecule has 0 radical (unpaired) electrons. The minimum Gasteiger partial charge on any atom is -0.396 e. The Labute approximate surface area is 194 Å². The number of fused-ring (bicyclic) bond motifs is 1. The zero-order chi connectivity index (χ0) is 24.7. The van der Waals surface area contributed by atoms with Gasteiger partial charge in [-0.05, 0) is 31.5 Å². The number of carbonyl (C=O) groups is 1. The Morgan fingerprint density at radius 2 is 2.18 bits per heavy atom. The summed E-state index contributed by atoms with van der Waals surface area (Å²) in [6, 6.07) is 5.28. The molecule has 8 nitrogen and oxygen atoms in total. The fourth-order valence-corrected chi connectivity index (χ4v) is 5.01. The van der Waals surface area contributed by atoms with E-state index in [1.54, 1.807) is 17.9 Å². The van der Waals surface area contributed by atoms with Crippen LogP contribution in [0.25, 0.3) is 0 Å². The van der Waals surface area contributed by atoms with Gasteiger partial charge in [0.15, 0.2) is 5.69 Å². The van der Waals surface area contributed by atoms with E-state index in [1.807, 2.05) is 4.90 Å². The van der Waals surface area contributed by atoms with Gasteiger partial charge in [0.25, 0.3) is 5.91 Å². The summed E-state index contributed by atoms with van der Waals surface area (Å²) in [7, 11) is 1.51. The van der Waals surface area contributed by atoms with E-state index >= 15 is 0 Å². The molecule has 2 saturated heterocycles. The number of piperidine rings is 1.